The zero-order chi connectivity index (χ0) is 18.2. The van der Waals surface area contributed by atoms with Crippen molar-refractivity contribution < 1.29 is 24.1 Å². The number of likely N-dealkylation sites (N-methyl/N-ethyl adjacent to an activating group) is 1. The second-order valence-electron chi connectivity index (χ2n) is 5.41. The Bertz CT molecular complexity index is 704. The van der Waals surface area contributed by atoms with E-state index in [1.165, 1.54) is 0 Å². The Kier molecular flexibility index (Phi) is 7.70. The van der Waals surface area contributed by atoms with E-state index in [2.05, 4.69) is 15.9 Å². The molecule has 0 spiro atoms. The monoisotopic (exact) mass is 414 g/mol. The third-order valence-electron chi connectivity index (χ3n) is 3.62. The van der Waals surface area contributed by atoms with E-state index in [1.54, 1.807) is 25.1 Å². The number of fused-ring (bicyclic) bond motifs is 1. The topological polar surface area (TPSA) is 72.6 Å². The van der Waals surface area contributed by atoms with Crippen LogP contribution in [0.4, 0.5) is 0 Å². The molecule has 0 fully saturated rings. The van der Waals surface area contributed by atoms with Crippen molar-refractivity contribution in [2.75, 3.05) is 53.7 Å². The average Bonchev–Trinajstić information content (AvgIpc) is 3.02. The van der Waals surface area contributed by atoms with Crippen molar-refractivity contribution >= 4 is 27.4 Å². The lowest BCUT2D eigenvalue weighted by Gasteiger charge is -2.17. The zero-order valence-corrected chi connectivity index (χ0v) is 16.0. The summed E-state index contributed by atoms with van der Waals surface area (Å²) < 4.78 is 18.4. The van der Waals surface area contributed by atoms with Crippen LogP contribution in [0.15, 0.2) is 29.0 Å². The lowest BCUT2D eigenvalue weighted by molar-refractivity contribution is 0.0620. The van der Waals surface area contributed by atoms with Crippen LogP contribution in [0.3, 0.4) is 0 Å². The van der Waals surface area contributed by atoms with Gasteiger partial charge in [0.2, 0.25) is 0 Å². The Hall–Kier alpha value is -1.61. The molecule has 1 N–H and O–H groups in total. The highest BCUT2D eigenvalue weighted by Gasteiger charge is 2.18. The normalized spacial score (nSPS) is 11.0. The molecular formula is C17H23BrN2O5. The first-order chi connectivity index (χ1) is 12.1. The number of aliphatic hydroxyl groups excluding tert-OH is 1. The van der Waals surface area contributed by atoms with Crippen molar-refractivity contribution in [1.82, 2.24) is 9.30 Å². The summed E-state index contributed by atoms with van der Waals surface area (Å²) in [5, 5.41) is 8.70. The van der Waals surface area contributed by atoms with Gasteiger partial charge < -0.3 is 28.6 Å². The molecule has 2 aromatic heterocycles. The maximum absolute atomic E-state index is 12.7. The van der Waals surface area contributed by atoms with Gasteiger partial charge >= 0.3 is 0 Å². The average molecular weight is 415 g/mol. The zero-order valence-electron chi connectivity index (χ0n) is 14.4. The van der Waals surface area contributed by atoms with E-state index in [4.69, 9.17) is 19.3 Å². The first-order valence-corrected chi connectivity index (χ1v) is 8.73. The molecule has 2 rings (SSSR count). The second kappa shape index (κ2) is 9.76. The van der Waals surface area contributed by atoms with Crippen LogP contribution in [0.1, 0.15) is 10.4 Å². The lowest BCUT2D eigenvalue weighted by Crippen LogP contribution is -2.30. The third kappa shape index (κ3) is 5.18. The Labute approximate surface area is 155 Å². The molecule has 1 amide bonds. The number of pyridine rings is 1. The number of rotatable bonds is 10. The van der Waals surface area contributed by atoms with Crippen molar-refractivity contribution in [3.63, 3.8) is 0 Å². The number of carbonyl (C=O) groups excluding carboxylic acids is 1. The summed E-state index contributed by atoms with van der Waals surface area (Å²) in [6.45, 7) is 2.05. The molecular weight excluding hydrogens is 392 g/mol. The highest BCUT2D eigenvalue weighted by atomic mass is 79.9. The number of ether oxygens (including phenoxy) is 3. The van der Waals surface area contributed by atoms with Crippen LogP contribution in [-0.2, 0) is 9.47 Å². The molecule has 0 saturated heterocycles. The predicted molar refractivity (Wildman–Crippen MR) is 97.3 cm³/mol. The van der Waals surface area contributed by atoms with Crippen LogP contribution in [0.25, 0.3) is 5.52 Å². The molecule has 0 aliphatic rings. The van der Waals surface area contributed by atoms with E-state index in [9.17, 15) is 4.79 Å². The van der Waals surface area contributed by atoms with E-state index in [1.807, 2.05) is 22.9 Å². The fraction of sp³-hybridized carbons (Fsp3) is 0.471. The predicted octanol–water partition coefficient (Wildman–Crippen LogP) is 1.81. The number of methoxy groups -OCH3 is 1. The highest BCUT2D eigenvalue weighted by molar-refractivity contribution is 9.10. The molecule has 0 saturated carbocycles. The van der Waals surface area contributed by atoms with Gasteiger partial charge in [-0.15, -0.1) is 0 Å². The minimum absolute atomic E-state index is 0.0243. The van der Waals surface area contributed by atoms with E-state index < -0.39 is 0 Å². The van der Waals surface area contributed by atoms with E-state index in [-0.39, 0.29) is 19.1 Å². The van der Waals surface area contributed by atoms with Gasteiger partial charge in [-0.2, -0.15) is 0 Å². The Morgan fingerprint density at radius 1 is 1.32 bits per heavy atom. The minimum atomic E-state index is -0.0937. The number of halogens is 1. The number of hydrogen-bond acceptors (Lipinski definition) is 5. The number of nitrogens with zero attached hydrogens (tertiary/aromatic N) is 2. The molecule has 0 radical (unpaired) electrons. The molecule has 0 aliphatic carbocycles. The summed E-state index contributed by atoms with van der Waals surface area (Å²) in [5.41, 5.74) is 1.38. The fourth-order valence-corrected chi connectivity index (χ4v) is 2.99. The molecule has 7 nitrogen and oxygen atoms in total. The van der Waals surface area contributed by atoms with Crippen LogP contribution < -0.4 is 4.74 Å². The van der Waals surface area contributed by atoms with Gasteiger partial charge in [0.15, 0.2) is 0 Å². The number of carbonyl (C=O) groups is 1. The molecule has 2 aromatic rings. The van der Waals surface area contributed by atoms with Crippen LogP contribution in [0.5, 0.6) is 5.75 Å². The quantitative estimate of drug-likeness (QED) is 0.600. The number of aromatic nitrogens is 1. The van der Waals surface area contributed by atoms with Crippen LogP contribution in [0, 0.1) is 0 Å². The fourth-order valence-electron chi connectivity index (χ4n) is 2.34. The van der Waals surface area contributed by atoms with Gasteiger partial charge in [-0.05, 0) is 28.1 Å². The van der Waals surface area contributed by atoms with Gasteiger partial charge in [0.25, 0.3) is 5.91 Å². The van der Waals surface area contributed by atoms with Crippen molar-refractivity contribution in [3.8, 4) is 5.75 Å². The summed E-state index contributed by atoms with van der Waals surface area (Å²) in [4.78, 5) is 14.3. The van der Waals surface area contributed by atoms with Crippen molar-refractivity contribution in [2.24, 2.45) is 0 Å². The second-order valence-corrected chi connectivity index (χ2v) is 6.27. The van der Waals surface area contributed by atoms with Crippen LogP contribution in [-0.4, -0.2) is 74.1 Å². The molecule has 0 bridgehead atoms. The number of hydrogen-bond donors (Lipinski definition) is 1. The van der Waals surface area contributed by atoms with Gasteiger partial charge in [-0.25, -0.2) is 0 Å². The van der Waals surface area contributed by atoms with Crippen molar-refractivity contribution in [2.45, 2.75) is 0 Å². The van der Waals surface area contributed by atoms with Crippen molar-refractivity contribution in [1.29, 1.82) is 0 Å². The first kappa shape index (κ1) is 19.7. The van der Waals surface area contributed by atoms with Crippen LogP contribution in [0.2, 0.25) is 0 Å². The summed E-state index contributed by atoms with van der Waals surface area (Å²) in [7, 11) is 3.35. The molecule has 25 heavy (non-hydrogen) atoms. The van der Waals surface area contributed by atoms with Crippen molar-refractivity contribution in [3.05, 3.63) is 34.6 Å². The Morgan fingerprint density at radius 3 is 2.84 bits per heavy atom. The van der Waals surface area contributed by atoms with Gasteiger partial charge in [-0.3, -0.25) is 4.79 Å². The SMILES string of the molecule is COCCOc1cc(Br)c2c(C(=O)N(C)CCOCCO)ccn2c1. The molecule has 2 heterocycles. The molecule has 0 aromatic carbocycles. The lowest BCUT2D eigenvalue weighted by atomic mass is 10.2. The molecule has 0 unspecified atom stereocenters. The summed E-state index contributed by atoms with van der Waals surface area (Å²) in [5.74, 6) is 0.598. The summed E-state index contributed by atoms with van der Waals surface area (Å²) >= 11 is 3.52. The number of aliphatic hydroxyl groups is 1. The molecule has 0 aliphatic heterocycles. The van der Waals surface area contributed by atoms with Gasteiger partial charge in [0, 0.05) is 31.4 Å². The molecule has 0 atom stereocenters. The largest absolute Gasteiger partial charge is 0.490 e. The third-order valence-corrected chi connectivity index (χ3v) is 4.22. The summed E-state index contributed by atoms with van der Waals surface area (Å²) in [6.07, 6.45) is 3.66. The Balaban J connectivity index is 2.12. The number of amides is 1. The summed E-state index contributed by atoms with van der Waals surface area (Å²) in [6, 6.07) is 3.62. The van der Waals surface area contributed by atoms with Gasteiger partial charge in [-0.1, -0.05) is 0 Å². The van der Waals surface area contributed by atoms with Crippen LogP contribution >= 0.6 is 15.9 Å². The molecule has 8 heteroatoms. The van der Waals surface area contributed by atoms with E-state index in [0.29, 0.717) is 37.7 Å². The standard InChI is InChI=1S/C17H23BrN2O5/c1-19(5-7-24-8-6-21)17(22)14-3-4-20-12-13(25-10-9-23-2)11-15(18)16(14)20/h3-4,11-12,21H,5-10H2,1-2H3. The van der Waals surface area contributed by atoms with Gasteiger partial charge in [0.1, 0.15) is 12.4 Å². The molecule has 138 valence electrons. The maximum Gasteiger partial charge on any atom is 0.255 e. The Morgan fingerprint density at radius 2 is 2.12 bits per heavy atom. The first-order valence-electron chi connectivity index (χ1n) is 7.94. The smallest absolute Gasteiger partial charge is 0.255 e. The van der Waals surface area contributed by atoms with Gasteiger partial charge in [0.05, 0.1) is 43.7 Å². The van der Waals surface area contributed by atoms with E-state index in [0.717, 1.165) is 9.99 Å². The maximum atomic E-state index is 12.7. The highest BCUT2D eigenvalue weighted by Crippen LogP contribution is 2.28. The van der Waals surface area contributed by atoms with E-state index >= 15 is 0 Å². The minimum Gasteiger partial charge on any atom is -0.490 e.